The number of hydrogen-bond donors (Lipinski definition) is 0. The van der Waals surface area contributed by atoms with Gasteiger partial charge in [-0.3, -0.25) is 14.7 Å². The van der Waals surface area contributed by atoms with Crippen LogP contribution in [0.15, 0.2) is 22.9 Å². The molecule has 0 fully saturated rings. The Morgan fingerprint density at radius 2 is 1.68 bits per heavy atom. The van der Waals surface area contributed by atoms with Gasteiger partial charge in [0, 0.05) is 6.08 Å². The summed E-state index contributed by atoms with van der Waals surface area (Å²) < 4.78 is 24.7. The van der Waals surface area contributed by atoms with E-state index in [-0.39, 0.29) is 24.3 Å². The van der Waals surface area contributed by atoms with Gasteiger partial charge in [-0.05, 0) is 60.5 Å². The lowest BCUT2D eigenvalue weighted by atomic mass is 9.89. The fourth-order valence-electron chi connectivity index (χ4n) is 2.53. The molecule has 1 aliphatic carbocycles. The number of nitrogens with zero attached hydrogens (tertiary/aromatic N) is 1. The fraction of sp³-hybridized carbons (Fsp3) is 0.733. The van der Waals surface area contributed by atoms with E-state index in [1.807, 2.05) is 13.8 Å². The fourth-order valence-corrected chi connectivity index (χ4v) is 5.01. The SMILES string of the molecule is CC1=C(C)CC(C)(P(=O)(OC(C)C)OC(C)C)C([N+](=O)[O-])=C1. The summed E-state index contributed by atoms with van der Waals surface area (Å²) >= 11 is 0. The Hall–Kier alpha value is -0.970. The minimum absolute atomic E-state index is 0.111. The van der Waals surface area contributed by atoms with Gasteiger partial charge in [0.25, 0.3) is 5.70 Å². The van der Waals surface area contributed by atoms with Crippen LogP contribution in [0.1, 0.15) is 54.9 Å². The number of allylic oxidation sites excluding steroid dienone is 4. The maximum Gasteiger partial charge on any atom is 0.348 e. The first-order chi connectivity index (χ1) is 9.93. The van der Waals surface area contributed by atoms with E-state index in [0.717, 1.165) is 11.1 Å². The van der Waals surface area contributed by atoms with Crippen LogP contribution in [0.3, 0.4) is 0 Å². The quantitative estimate of drug-likeness (QED) is 0.401. The van der Waals surface area contributed by atoms with Crippen LogP contribution >= 0.6 is 7.60 Å². The first kappa shape index (κ1) is 19.1. The van der Waals surface area contributed by atoms with Crippen LogP contribution in [-0.4, -0.2) is 22.3 Å². The smallest absolute Gasteiger partial charge is 0.305 e. The molecule has 0 heterocycles. The Kier molecular flexibility index (Phi) is 5.77. The predicted octanol–water partition coefficient (Wildman–Crippen LogP) is 4.69. The van der Waals surface area contributed by atoms with Crippen molar-refractivity contribution in [3.63, 3.8) is 0 Å². The Morgan fingerprint density at radius 3 is 2.05 bits per heavy atom. The zero-order valence-electron chi connectivity index (χ0n) is 14.4. The van der Waals surface area contributed by atoms with Gasteiger partial charge >= 0.3 is 7.60 Å². The van der Waals surface area contributed by atoms with E-state index in [1.54, 1.807) is 34.6 Å². The van der Waals surface area contributed by atoms with Gasteiger partial charge in [-0.1, -0.05) is 5.57 Å². The molecule has 0 aromatic rings. The molecule has 0 bridgehead atoms. The summed E-state index contributed by atoms with van der Waals surface area (Å²) in [5, 5.41) is 10.2. The molecule has 1 unspecified atom stereocenters. The van der Waals surface area contributed by atoms with E-state index in [9.17, 15) is 14.7 Å². The molecule has 7 heteroatoms. The molecular formula is C15H26NO5P. The van der Waals surface area contributed by atoms with Crippen LogP contribution in [0.2, 0.25) is 0 Å². The number of hydrogen-bond acceptors (Lipinski definition) is 5. The molecular weight excluding hydrogens is 305 g/mol. The predicted molar refractivity (Wildman–Crippen MR) is 86.5 cm³/mol. The van der Waals surface area contributed by atoms with E-state index in [2.05, 4.69) is 0 Å². The van der Waals surface area contributed by atoms with Gasteiger partial charge in [0.1, 0.15) is 0 Å². The number of nitro groups is 1. The van der Waals surface area contributed by atoms with Crippen molar-refractivity contribution >= 4 is 7.60 Å². The van der Waals surface area contributed by atoms with E-state index in [0.29, 0.717) is 0 Å². The van der Waals surface area contributed by atoms with Crippen LogP contribution < -0.4 is 0 Å². The van der Waals surface area contributed by atoms with E-state index >= 15 is 0 Å². The van der Waals surface area contributed by atoms with E-state index < -0.39 is 17.7 Å². The van der Waals surface area contributed by atoms with Crippen molar-refractivity contribution in [3.05, 3.63) is 33.0 Å². The first-order valence-electron chi connectivity index (χ1n) is 7.43. The molecule has 0 saturated heterocycles. The summed E-state index contributed by atoms with van der Waals surface area (Å²) in [5.41, 5.74) is 1.66. The van der Waals surface area contributed by atoms with Crippen LogP contribution in [-0.2, 0) is 13.6 Å². The standard InChI is InChI=1S/C15H26NO5P/c1-10(2)20-22(19,21-11(3)4)15(7)9-13(6)12(5)8-14(15)16(17)18/h8,10-11H,9H2,1-7H3. The van der Waals surface area contributed by atoms with Crippen molar-refractivity contribution in [1.29, 1.82) is 0 Å². The Bertz CT molecular complexity index is 550. The van der Waals surface area contributed by atoms with Crippen molar-refractivity contribution in [3.8, 4) is 0 Å². The third-order valence-corrected chi connectivity index (χ3v) is 6.68. The van der Waals surface area contributed by atoms with Crippen LogP contribution in [0.25, 0.3) is 0 Å². The Morgan fingerprint density at radius 1 is 1.23 bits per heavy atom. The minimum Gasteiger partial charge on any atom is -0.305 e. The highest BCUT2D eigenvalue weighted by atomic mass is 31.2. The van der Waals surface area contributed by atoms with E-state index in [1.165, 1.54) is 6.08 Å². The zero-order chi connectivity index (χ0) is 17.3. The van der Waals surface area contributed by atoms with Gasteiger partial charge in [0.15, 0.2) is 5.16 Å². The lowest BCUT2D eigenvalue weighted by Gasteiger charge is -2.38. The Balaban J connectivity index is 3.47. The largest absolute Gasteiger partial charge is 0.348 e. The molecule has 0 spiro atoms. The highest BCUT2D eigenvalue weighted by molar-refractivity contribution is 7.56. The van der Waals surface area contributed by atoms with Crippen LogP contribution in [0.4, 0.5) is 0 Å². The lowest BCUT2D eigenvalue weighted by Crippen LogP contribution is -2.37. The van der Waals surface area contributed by atoms with Gasteiger partial charge in [0.2, 0.25) is 0 Å². The van der Waals surface area contributed by atoms with E-state index in [4.69, 9.17) is 9.05 Å². The van der Waals surface area contributed by atoms with Gasteiger partial charge in [0.05, 0.1) is 17.1 Å². The monoisotopic (exact) mass is 331 g/mol. The second-order valence-corrected chi connectivity index (χ2v) is 8.91. The molecule has 6 nitrogen and oxygen atoms in total. The molecule has 0 saturated carbocycles. The van der Waals surface area contributed by atoms with Crippen molar-refractivity contribution in [1.82, 2.24) is 0 Å². The molecule has 0 aliphatic heterocycles. The maximum atomic E-state index is 13.5. The van der Waals surface area contributed by atoms with Gasteiger partial charge in [-0.15, -0.1) is 0 Å². The molecule has 22 heavy (non-hydrogen) atoms. The van der Waals surface area contributed by atoms with Gasteiger partial charge < -0.3 is 9.05 Å². The highest BCUT2D eigenvalue weighted by Crippen LogP contribution is 2.67. The highest BCUT2D eigenvalue weighted by Gasteiger charge is 2.58. The van der Waals surface area contributed by atoms with Gasteiger partial charge in [-0.2, -0.15) is 0 Å². The number of rotatable bonds is 6. The minimum atomic E-state index is -3.74. The summed E-state index contributed by atoms with van der Waals surface area (Å²) in [6.45, 7) is 12.3. The first-order valence-corrected chi connectivity index (χ1v) is 8.97. The second-order valence-electron chi connectivity index (χ2n) is 6.51. The zero-order valence-corrected chi connectivity index (χ0v) is 15.3. The third-order valence-electron chi connectivity index (χ3n) is 3.69. The molecule has 1 atom stereocenters. The van der Waals surface area contributed by atoms with Gasteiger partial charge in [-0.25, -0.2) is 0 Å². The molecule has 0 amide bonds. The summed E-state index contributed by atoms with van der Waals surface area (Å²) in [4.78, 5) is 11.0. The summed E-state index contributed by atoms with van der Waals surface area (Å²) in [7, 11) is -3.74. The molecule has 0 aromatic heterocycles. The molecule has 1 aliphatic rings. The Labute approximate surface area is 132 Å². The molecule has 1 rings (SSSR count). The molecule has 126 valence electrons. The summed E-state index contributed by atoms with van der Waals surface area (Å²) in [6, 6.07) is 0. The van der Waals surface area contributed by atoms with Crippen molar-refractivity contribution in [2.75, 3.05) is 0 Å². The van der Waals surface area contributed by atoms with Crippen molar-refractivity contribution in [2.45, 2.75) is 72.3 Å². The normalized spacial score (nSPS) is 23.2. The lowest BCUT2D eigenvalue weighted by molar-refractivity contribution is -0.432. The van der Waals surface area contributed by atoms with Crippen LogP contribution in [0, 0.1) is 10.1 Å². The average molecular weight is 331 g/mol. The molecule has 0 N–H and O–H groups in total. The summed E-state index contributed by atoms with van der Waals surface area (Å²) in [5.74, 6) is 0. The molecule has 0 aromatic carbocycles. The molecule has 0 radical (unpaired) electrons. The maximum absolute atomic E-state index is 13.5. The van der Waals surface area contributed by atoms with Crippen molar-refractivity contribution < 1.29 is 18.5 Å². The van der Waals surface area contributed by atoms with Crippen LogP contribution in [0.5, 0.6) is 0 Å². The third kappa shape index (κ3) is 3.67. The average Bonchev–Trinajstić information content (AvgIpc) is 2.31. The second kappa shape index (κ2) is 6.65. The topological polar surface area (TPSA) is 78.7 Å². The van der Waals surface area contributed by atoms with Crippen molar-refractivity contribution in [2.24, 2.45) is 0 Å². The summed E-state index contributed by atoms with van der Waals surface area (Å²) in [6.07, 6.45) is 1.05.